The van der Waals surface area contributed by atoms with E-state index in [1.807, 2.05) is 18.2 Å². The van der Waals surface area contributed by atoms with Gasteiger partial charge in [0.2, 0.25) is 0 Å². The van der Waals surface area contributed by atoms with Crippen LogP contribution in [-0.2, 0) is 0 Å². The number of nitrogens with zero attached hydrogens (tertiary/aromatic N) is 3. The maximum atomic E-state index is 9.75. The molecule has 1 aromatic carbocycles. The number of halogens is 1. The number of nitriles is 1. The maximum absolute atomic E-state index is 9.75. The highest BCUT2D eigenvalue weighted by atomic mass is 79.9. The molecular formula is C16H13BrN4. The van der Waals surface area contributed by atoms with Crippen LogP contribution in [0.2, 0.25) is 0 Å². The number of nitrogens with one attached hydrogen (secondary N) is 1. The Labute approximate surface area is 131 Å². The van der Waals surface area contributed by atoms with E-state index < -0.39 is 0 Å². The van der Waals surface area contributed by atoms with E-state index in [1.54, 1.807) is 6.20 Å². The van der Waals surface area contributed by atoms with Gasteiger partial charge >= 0.3 is 0 Å². The molecule has 4 rings (SSSR count). The Morgan fingerprint density at radius 2 is 2.05 bits per heavy atom. The van der Waals surface area contributed by atoms with Crippen LogP contribution in [0.3, 0.4) is 0 Å². The molecule has 0 bridgehead atoms. The summed E-state index contributed by atoms with van der Waals surface area (Å²) in [6.07, 6.45) is 4.09. The summed E-state index contributed by atoms with van der Waals surface area (Å²) in [7, 11) is 0. The van der Waals surface area contributed by atoms with Gasteiger partial charge in [0.05, 0.1) is 18.2 Å². The quantitative estimate of drug-likeness (QED) is 0.899. The Morgan fingerprint density at radius 3 is 2.76 bits per heavy atom. The van der Waals surface area contributed by atoms with E-state index in [1.165, 1.54) is 0 Å². The van der Waals surface area contributed by atoms with Crippen molar-refractivity contribution in [2.75, 3.05) is 0 Å². The van der Waals surface area contributed by atoms with Crippen molar-refractivity contribution in [3.63, 3.8) is 0 Å². The minimum Gasteiger partial charge on any atom is -0.261 e. The van der Waals surface area contributed by atoms with Gasteiger partial charge in [0.1, 0.15) is 0 Å². The fraction of sp³-hybridized carbons (Fsp3) is 0.312. The lowest BCUT2D eigenvalue weighted by atomic mass is 9.77. The zero-order valence-corrected chi connectivity index (χ0v) is 12.8. The largest absolute Gasteiger partial charge is 0.261 e. The predicted molar refractivity (Wildman–Crippen MR) is 83.5 cm³/mol. The van der Waals surface area contributed by atoms with Gasteiger partial charge in [0.15, 0.2) is 5.82 Å². The molecule has 1 saturated carbocycles. The van der Waals surface area contributed by atoms with Gasteiger partial charge in [-0.05, 0) is 30.4 Å². The number of rotatable bonds is 2. The van der Waals surface area contributed by atoms with Crippen LogP contribution in [0.25, 0.3) is 0 Å². The molecule has 1 aliphatic carbocycles. The number of H-pyrrole nitrogens is 1. The Balaban J connectivity index is 1.91. The number of aromatic amines is 1. The van der Waals surface area contributed by atoms with Crippen molar-refractivity contribution in [1.29, 1.82) is 5.26 Å². The Hall–Kier alpha value is -1.93. The van der Waals surface area contributed by atoms with E-state index in [9.17, 15) is 5.26 Å². The molecule has 1 aliphatic heterocycles. The molecule has 0 spiro atoms. The minimum absolute atomic E-state index is 0.00701. The molecule has 2 atom stereocenters. The van der Waals surface area contributed by atoms with Gasteiger partial charge < -0.3 is 0 Å². The van der Waals surface area contributed by atoms with Crippen LogP contribution in [0.5, 0.6) is 0 Å². The molecule has 104 valence electrons. The molecule has 1 aromatic heterocycles. The van der Waals surface area contributed by atoms with Gasteiger partial charge in [-0.2, -0.15) is 10.4 Å². The lowest BCUT2D eigenvalue weighted by Crippen LogP contribution is -2.26. The molecule has 5 heteroatoms. The minimum atomic E-state index is -0.207. The van der Waals surface area contributed by atoms with Crippen molar-refractivity contribution >= 4 is 27.5 Å². The van der Waals surface area contributed by atoms with Crippen LogP contribution in [0.4, 0.5) is 5.82 Å². The molecule has 21 heavy (non-hydrogen) atoms. The van der Waals surface area contributed by atoms with Crippen LogP contribution in [0.1, 0.15) is 29.9 Å². The highest BCUT2D eigenvalue weighted by Gasteiger charge is 2.42. The number of aromatic nitrogens is 2. The second-order valence-electron chi connectivity index (χ2n) is 5.59. The summed E-state index contributed by atoms with van der Waals surface area (Å²) in [5.41, 5.74) is 3.16. The third-order valence-electron chi connectivity index (χ3n) is 4.25. The summed E-state index contributed by atoms with van der Waals surface area (Å²) in [6, 6.07) is 10.6. The average Bonchev–Trinajstić information content (AvgIpc) is 3.24. The molecule has 2 heterocycles. The molecule has 2 unspecified atom stereocenters. The van der Waals surface area contributed by atoms with Crippen molar-refractivity contribution in [1.82, 2.24) is 10.2 Å². The monoisotopic (exact) mass is 340 g/mol. The summed E-state index contributed by atoms with van der Waals surface area (Å²) < 4.78 is 1.03. The lowest BCUT2D eigenvalue weighted by molar-refractivity contribution is 0.697. The highest BCUT2D eigenvalue weighted by molar-refractivity contribution is 9.10. The summed E-state index contributed by atoms with van der Waals surface area (Å²) in [6.45, 7) is 0. The average molecular weight is 341 g/mol. The van der Waals surface area contributed by atoms with Crippen molar-refractivity contribution in [2.24, 2.45) is 16.8 Å². The molecule has 2 aliphatic rings. The molecule has 1 N–H and O–H groups in total. The third-order valence-corrected chi connectivity index (χ3v) is 4.97. The number of hydrogen-bond donors (Lipinski definition) is 1. The lowest BCUT2D eigenvalue weighted by Gasteiger charge is -2.28. The second-order valence-corrected chi connectivity index (χ2v) is 6.45. The molecular weight excluding hydrogens is 328 g/mol. The Kier molecular flexibility index (Phi) is 2.93. The standard InChI is InChI=1S/C16H13BrN4/c17-13-4-2-1-3-10(13)14-11(7-18)15(9-5-6-9)20-16-12(14)8-19-21-16/h1-4,8-9,11,14H,5-6H2,(H,19,21). The van der Waals surface area contributed by atoms with Crippen LogP contribution >= 0.6 is 15.9 Å². The Bertz CT molecular complexity index is 767. The first-order chi connectivity index (χ1) is 10.3. The van der Waals surface area contributed by atoms with E-state index in [2.05, 4.69) is 43.3 Å². The zero-order chi connectivity index (χ0) is 14.4. The van der Waals surface area contributed by atoms with E-state index in [0.29, 0.717) is 5.92 Å². The molecule has 0 radical (unpaired) electrons. The van der Waals surface area contributed by atoms with Gasteiger partial charge in [-0.3, -0.25) is 5.10 Å². The fourth-order valence-corrected chi connectivity index (χ4v) is 3.63. The van der Waals surface area contributed by atoms with Gasteiger partial charge in [-0.25, -0.2) is 4.99 Å². The van der Waals surface area contributed by atoms with Gasteiger partial charge in [0.25, 0.3) is 0 Å². The van der Waals surface area contributed by atoms with Crippen LogP contribution in [-0.4, -0.2) is 15.9 Å². The fourth-order valence-electron chi connectivity index (χ4n) is 3.09. The highest BCUT2D eigenvalue weighted by Crippen LogP contribution is 2.47. The van der Waals surface area contributed by atoms with Crippen molar-refractivity contribution < 1.29 is 0 Å². The van der Waals surface area contributed by atoms with Crippen LogP contribution in [0.15, 0.2) is 39.9 Å². The van der Waals surface area contributed by atoms with E-state index >= 15 is 0 Å². The molecule has 4 nitrogen and oxygen atoms in total. The normalized spacial score (nSPS) is 24.1. The zero-order valence-electron chi connectivity index (χ0n) is 11.3. The first-order valence-corrected chi connectivity index (χ1v) is 7.84. The Morgan fingerprint density at radius 1 is 1.24 bits per heavy atom. The summed E-state index contributed by atoms with van der Waals surface area (Å²) in [5.74, 6) is 1.06. The van der Waals surface area contributed by atoms with E-state index in [0.717, 1.165) is 40.0 Å². The second kappa shape index (κ2) is 4.81. The molecule has 1 fully saturated rings. The van der Waals surface area contributed by atoms with Gasteiger partial charge in [-0.15, -0.1) is 0 Å². The SMILES string of the molecule is N#CC1C(C2CC2)=Nc2[nH]ncc2C1c1ccccc1Br. The third kappa shape index (κ3) is 2.02. The number of fused-ring (bicyclic) bond motifs is 1. The summed E-state index contributed by atoms with van der Waals surface area (Å²) in [4.78, 5) is 4.69. The van der Waals surface area contributed by atoms with Gasteiger partial charge in [-0.1, -0.05) is 34.1 Å². The van der Waals surface area contributed by atoms with Crippen molar-refractivity contribution in [3.8, 4) is 6.07 Å². The van der Waals surface area contributed by atoms with Crippen molar-refractivity contribution in [3.05, 3.63) is 46.1 Å². The number of aliphatic imine (C=N–C) groups is 1. The van der Waals surface area contributed by atoms with E-state index in [-0.39, 0.29) is 11.8 Å². The number of hydrogen-bond acceptors (Lipinski definition) is 3. The first kappa shape index (κ1) is 12.8. The molecule has 2 aromatic rings. The topological polar surface area (TPSA) is 64.8 Å². The molecule has 0 saturated heterocycles. The van der Waals surface area contributed by atoms with Gasteiger partial charge in [0, 0.05) is 21.7 Å². The molecule has 0 amide bonds. The van der Waals surface area contributed by atoms with Crippen LogP contribution < -0.4 is 0 Å². The number of benzene rings is 1. The van der Waals surface area contributed by atoms with Crippen molar-refractivity contribution in [2.45, 2.75) is 18.8 Å². The summed E-state index contributed by atoms with van der Waals surface area (Å²) >= 11 is 3.62. The van der Waals surface area contributed by atoms with E-state index in [4.69, 9.17) is 0 Å². The summed E-state index contributed by atoms with van der Waals surface area (Å²) in [5, 5.41) is 16.9. The maximum Gasteiger partial charge on any atom is 0.151 e. The first-order valence-electron chi connectivity index (χ1n) is 7.05. The smallest absolute Gasteiger partial charge is 0.151 e. The predicted octanol–water partition coefficient (Wildman–Crippen LogP) is 3.94. The van der Waals surface area contributed by atoms with Crippen LogP contribution in [0, 0.1) is 23.2 Å².